The second-order valence-electron chi connectivity index (χ2n) is 16.5. The van der Waals surface area contributed by atoms with Crippen LogP contribution < -0.4 is 15.0 Å². The van der Waals surface area contributed by atoms with E-state index >= 15 is 17.6 Å². The Kier molecular flexibility index (Phi) is 9.02. The van der Waals surface area contributed by atoms with Crippen molar-refractivity contribution in [1.29, 1.82) is 0 Å². The molecule has 7 heterocycles. The second kappa shape index (κ2) is 14.0. The van der Waals surface area contributed by atoms with E-state index in [0.717, 1.165) is 56.7 Å². The van der Waals surface area contributed by atoms with Crippen LogP contribution in [0.25, 0.3) is 32.9 Å². The molecule has 2 N–H and O–H groups in total. The van der Waals surface area contributed by atoms with Gasteiger partial charge in [0.2, 0.25) is 0 Å². The highest BCUT2D eigenvalue weighted by atomic mass is 19.3. The van der Waals surface area contributed by atoms with E-state index < -0.39 is 29.3 Å². The summed E-state index contributed by atoms with van der Waals surface area (Å²) in [6.45, 7) is 3.06. The highest BCUT2D eigenvalue weighted by Crippen LogP contribution is 2.50. The van der Waals surface area contributed by atoms with Crippen LogP contribution in [-0.4, -0.2) is 82.0 Å². The first-order valence-corrected chi connectivity index (χ1v) is 20.0. The molecule has 2 unspecified atom stereocenters. The number of hydrogen-bond donors (Lipinski definition) is 2. The zero-order valence-electron chi connectivity index (χ0n) is 31.3. The minimum atomic E-state index is -2.92. The van der Waals surface area contributed by atoms with Gasteiger partial charge in [-0.3, -0.25) is 9.88 Å². The summed E-state index contributed by atoms with van der Waals surface area (Å²) < 4.78 is 89.4. The first-order valence-electron chi connectivity index (χ1n) is 20.0. The van der Waals surface area contributed by atoms with Gasteiger partial charge in [0.05, 0.1) is 10.9 Å². The van der Waals surface area contributed by atoms with Gasteiger partial charge < -0.3 is 24.8 Å². The van der Waals surface area contributed by atoms with Crippen molar-refractivity contribution in [3.63, 3.8) is 0 Å². The minimum absolute atomic E-state index is 0.0122. The maximum absolute atomic E-state index is 16.9. The number of piperazine rings is 1. The summed E-state index contributed by atoms with van der Waals surface area (Å²) in [5.74, 6) is -6.59. The van der Waals surface area contributed by atoms with E-state index in [0.29, 0.717) is 50.3 Å². The fourth-order valence-electron chi connectivity index (χ4n) is 10.3. The van der Waals surface area contributed by atoms with E-state index in [1.54, 1.807) is 12.1 Å². The normalized spacial score (nSPS) is 25.5. The largest absolute Gasteiger partial charge is 0.508 e. The van der Waals surface area contributed by atoms with Crippen LogP contribution in [0.5, 0.6) is 11.8 Å². The molecule has 298 valence electrons. The monoisotopic (exact) mass is 786 g/mol. The summed E-state index contributed by atoms with van der Waals surface area (Å²) in [6, 6.07) is 12.1. The predicted octanol–water partition coefficient (Wildman–Crippen LogP) is 8.18. The van der Waals surface area contributed by atoms with Gasteiger partial charge in [0.25, 0.3) is 5.92 Å². The standard InChI is InChI=1S/C43H43F5N6O3/c44-33-9-4-25-18-30(55)19-31(35(25)36(33)45)38-37(46)39-32(20-49-38)40(53-21-28-7-8-29(22-53)50-28)52-41(51-39)57-23-42-13-1-15-54(42)34(10-14-42)24-2-5-26(6-3-24)43(47,48)27-11-16-56-17-12-27/h2-6,9,18-20,27-29,34,50,55H,1,7-8,10-17,21-23H2/t28-,29+,34?,42?. The van der Waals surface area contributed by atoms with Crippen LogP contribution in [0.15, 0.2) is 54.7 Å². The van der Waals surface area contributed by atoms with Gasteiger partial charge in [-0.2, -0.15) is 9.97 Å². The Balaban J connectivity index is 0.975. The Hall–Kier alpha value is -4.66. The number of benzene rings is 3. The van der Waals surface area contributed by atoms with Gasteiger partial charge in [0.15, 0.2) is 17.5 Å². The topological polar surface area (TPSA) is 95.9 Å². The number of hydrogen-bond acceptors (Lipinski definition) is 9. The molecule has 0 saturated carbocycles. The Morgan fingerprint density at radius 3 is 2.46 bits per heavy atom. The Labute approximate surface area is 326 Å². The van der Waals surface area contributed by atoms with Gasteiger partial charge >= 0.3 is 6.01 Å². The molecule has 14 heteroatoms. The first-order chi connectivity index (χ1) is 27.6. The molecule has 0 radical (unpaired) electrons. The van der Waals surface area contributed by atoms with E-state index in [1.165, 1.54) is 24.4 Å². The van der Waals surface area contributed by atoms with Crippen LogP contribution in [-0.2, 0) is 10.7 Å². The van der Waals surface area contributed by atoms with Gasteiger partial charge in [-0.1, -0.05) is 30.3 Å². The third-order valence-corrected chi connectivity index (χ3v) is 13.2. The molecule has 10 rings (SSSR count). The van der Waals surface area contributed by atoms with Gasteiger partial charge in [-0.25, -0.2) is 22.0 Å². The molecular weight excluding hydrogens is 744 g/mol. The fraction of sp³-hybridized carbons (Fsp3) is 0.465. The summed E-state index contributed by atoms with van der Waals surface area (Å²) in [5.41, 5.74) is 0.185. The molecule has 5 saturated heterocycles. The number of ether oxygens (including phenoxy) is 2. The number of halogens is 5. The first kappa shape index (κ1) is 36.7. The van der Waals surface area contributed by atoms with Crippen molar-refractivity contribution in [2.24, 2.45) is 5.92 Å². The predicted molar refractivity (Wildman–Crippen MR) is 204 cm³/mol. The molecule has 2 bridgehead atoms. The van der Waals surface area contributed by atoms with Crippen molar-refractivity contribution in [2.75, 3.05) is 44.4 Å². The van der Waals surface area contributed by atoms with Gasteiger partial charge in [-0.05, 0) is 87.1 Å². The number of fused-ring (bicyclic) bond motifs is 5. The van der Waals surface area contributed by atoms with Crippen LogP contribution in [0.2, 0.25) is 0 Å². The summed E-state index contributed by atoms with van der Waals surface area (Å²) in [4.78, 5) is 18.4. The number of nitrogens with one attached hydrogen (secondary N) is 1. The van der Waals surface area contributed by atoms with Crippen molar-refractivity contribution < 1.29 is 36.5 Å². The lowest BCUT2D eigenvalue weighted by Crippen LogP contribution is -2.51. The van der Waals surface area contributed by atoms with Crippen LogP contribution in [0.4, 0.5) is 27.8 Å². The summed E-state index contributed by atoms with van der Waals surface area (Å²) in [7, 11) is 0. The van der Waals surface area contributed by atoms with Gasteiger partial charge in [0, 0.05) is 73.1 Å². The third kappa shape index (κ3) is 6.26. The number of aromatic hydroxyl groups is 1. The van der Waals surface area contributed by atoms with Gasteiger partial charge in [0.1, 0.15) is 29.4 Å². The van der Waals surface area contributed by atoms with Crippen molar-refractivity contribution >= 4 is 27.5 Å². The zero-order chi connectivity index (χ0) is 39.1. The number of anilines is 1. The Bertz CT molecular complexity index is 2350. The zero-order valence-corrected chi connectivity index (χ0v) is 31.3. The molecule has 2 aromatic heterocycles. The smallest absolute Gasteiger partial charge is 0.319 e. The Morgan fingerprint density at radius 1 is 0.912 bits per heavy atom. The number of phenolic OH excluding ortho intramolecular Hbond substituents is 1. The molecule has 5 fully saturated rings. The lowest BCUT2D eigenvalue weighted by molar-refractivity contribution is -0.102. The third-order valence-electron chi connectivity index (χ3n) is 13.2. The molecular formula is C43H43F5N6O3. The molecule has 5 aliphatic heterocycles. The number of aromatic nitrogens is 3. The highest BCUT2D eigenvalue weighted by molar-refractivity contribution is 6.00. The Morgan fingerprint density at radius 2 is 1.68 bits per heavy atom. The van der Waals surface area contributed by atoms with Crippen LogP contribution >= 0.6 is 0 Å². The summed E-state index contributed by atoms with van der Waals surface area (Å²) >= 11 is 0. The number of alkyl halides is 2. The van der Waals surface area contributed by atoms with E-state index in [-0.39, 0.29) is 75.1 Å². The molecule has 5 aromatic rings. The molecule has 3 aromatic carbocycles. The number of nitrogens with zero attached hydrogens (tertiary/aromatic N) is 5. The number of phenols is 1. The summed E-state index contributed by atoms with van der Waals surface area (Å²) in [5, 5.41) is 14.5. The molecule has 0 aliphatic carbocycles. The molecule has 57 heavy (non-hydrogen) atoms. The van der Waals surface area contributed by atoms with Crippen molar-refractivity contribution in [3.8, 4) is 23.0 Å². The van der Waals surface area contributed by atoms with E-state index in [9.17, 15) is 9.50 Å². The molecule has 0 amide bonds. The molecule has 0 spiro atoms. The van der Waals surface area contributed by atoms with Crippen molar-refractivity contribution in [1.82, 2.24) is 25.2 Å². The number of rotatable bonds is 8. The van der Waals surface area contributed by atoms with Crippen molar-refractivity contribution in [2.45, 2.75) is 81.0 Å². The van der Waals surface area contributed by atoms with Crippen molar-refractivity contribution in [3.05, 3.63) is 83.3 Å². The van der Waals surface area contributed by atoms with Crippen LogP contribution in [0, 0.1) is 23.4 Å². The summed E-state index contributed by atoms with van der Waals surface area (Å²) in [6.07, 6.45) is 7.59. The van der Waals surface area contributed by atoms with E-state index in [4.69, 9.17) is 14.5 Å². The lowest BCUT2D eigenvalue weighted by Gasteiger charge is -2.35. The highest BCUT2D eigenvalue weighted by Gasteiger charge is 2.50. The molecule has 5 aliphatic rings. The average Bonchev–Trinajstić information content (AvgIpc) is 3.91. The van der Waals surface area contributed by atoms with Crippen LogP contribution in [0.3, 0.4) is 0 Å². The molecule has 4 atom stereocenters. The quantitative estimate of drug-likeness (QED) is 0.151. The minimum Gasteiger partial charge on any atom is -0.508 e. The fourth-order valence-corrected chi connectivity index (χ4v) is 10.3. The van der Waals surface area contributed by atoms with Crippen LogP contribution in [0.1, 0.15) is 68.5 Å². The SMILES string of the molecule is Oc1cc(-c2ncc3c(N4C[C@H]5CC[C@@H](C4)N5)nc(OCC45CCCN4C(c4ccc(C(F)(F)C6CCOCC6)cc4)CC5)nc3c2F)c2c(F)c(F)ccc2c1. The maximum Gasteiger partial charge on any atom is 0.319 e. The average molecular weight is 787 g/mol. The lowest BCUT2D eigenvalue weighted by atomic mass is 9.87. The number of pyridine rings is 1. The van der Waals surface area contributed by atoms with E-state index in [2.05, 4.69) is 25.1 Å². The van der Waals surface area contributed by atoms with Gasteiger partial charge in [-0.15, -0.1) is 0 Å². The molecule has 9 nitrogen and oxygen atoms in total. The second-order valence-corrected chi connectivity index (χ2v) is 16.5. The maximum atomic E-state index is 16.9. The van der Waals surface area contributed by atoms with E-state index in [1.807, 2.05) is 12.1 Å².